The van der Waals surface area contributed by atoms with Crippen molar-refractivity contribution in [2.45, 2.75) is 31.7 Å². The lowest BCUT2D eigenvalue weighted by molar-refractivity contribution is 0.0414. The van der Waals surface area contributed by atoms with Crippen LogP contribution in [0.3, 0.4) is 0 Å². The summed E-state index contributed by atoms with van der Waals surface area (Å²) in [6, 6.07) is 9.53. The maximum atomic E-state index is 12.4. The zero-order valence-electron chi connectivity index (χ0n) is 12.4. The molecule has 2 heterocycles. The third kappa shape index (κ3) is 2.69. The highest BCUT2D eigenvalue weighted by Crippen LogP contribution is 2.34. The first kappa shape index (κ1) is 14.6. The fourth-order valence-electron chi connectivity index (χ4n) is 2.89. The molecule has 1 aromatic heterocycles. The molecule has 0 unspecified atom stereocenters. The van der Waals surface area contributed by atoms with E-state index in [1.54, 1.807) is 23.6 Å². The zero-order valence-corrected chi connectivity index (χ0v) is 12.4. The van der Waals surface area contributed by atoms with Gasteiger partial charge in [-0.05, 0) is 12.5 Å². The topological polar surface area (TPSA) is 67.6 Å². The first-order valence-electron chi connectivity index (χ1n) is 7.24. The van der Waals surface area contributed by atoms with Crippen LogP contribution in [0.1, 0.15) is 18.9 Å². The number of imidazole rings is 1. The van der Waals surface area contributed by atoms with Crippen LogP contribution in [-0.2, 0) is 17.0 Å². The number of carbonyl (C=O) groups excluding carboxylic acids is 1. The van der Waals surface area contributed by atoms with Crippen molar-refractivity contribution in [3.8, 4) is 0 Å². The number of hydrogen-bond acceptors (Lipinski definition) is 4. The van der Waals surface area contributed by atoms with E-state index >= 15 is 0 Å². The van der Waals surface area contributed by atoms with E-state index in [2.05, 4.69) is 4.98 Å². The summed E-state index contributed by atoms with van der Waals surface area (Å²) in [5, 5.41) is 9.98. The highest BCUT2D eigenvalue weighted by molar-refractivity contribution is 5.69. The number of ether oxygens (including phenoxy) is 1. The second kappa shape index (κ2) is 5.81. The number of hydrogen-bond donors (Lipinski definition) is 1. The van der Waals surface area contributed by atoms with Gasteiger partial charge < -0.3 is 14.4 Å². The normalized spacial score (nSPS) is 24.5. The Bertz CT molecular complexity index is 629. The van der Waals surface area contributed by atoms with Gasteiger partial charge in [-0.25, -0.2) is 9.78 Å². The summed E-state index contributed by atoms with van der Waals surface area (Å²) < 4.78 is 7.22. The number of rotatable bonds is 3. The number of carbonyl (C=O) groups is 1. The van der Waals surface area contributed by atoms with Crippen molar-refractivity contribution in [1.82, 2.24) is 14.5 Å². The van der Waals surface area contributed by atoms with Gasteiger partial charge in [0.2, 0.25) is 0 Å². The number of benzene rings is 1. The fraction of sp³-hybridized carbons (Fsp3) is 0.375. The molecule has 1 fully saturated rings. The van der Waals surface area contributed by atoms with Gasteiger partial charge in [0.05, 0.1) is 19.0 Å². The number of aliphatic hydroxyl groups is 1. The number of nitrogens with zero attached hydrogens (tertiary/aromatic N) is 3. The Kier molecular flexibility index (Phi) is 3.85. The molecule has 0 bridgehead atoms. The predicted molar refractivity (Wildman–Crippen MR) is 79.8 cm³/mol. The smallest absolute Gasteiger partial charge is 0.412 e. The van der Waals surface area contributed by atoms with Gasteiger partial charge in [0, 0.05) is 18.8 Å². The highest BCUT2D eigenvalue weighted by atomic mass is 16.6. The molecule has 3 rings (SSSR count). The molecule has 2 aromatic rings. The second-order valence-corrected chi connectivity index (χ2v) is 5.70. The van der Waals surface area contributed by atoms with Crippen molar-refractivity contribution in [3.05, 3.63) is 54.6 Å². The van der Waals surface area contributed by atoms with Gasteiger partial charge >= 0.3 is 6.09 Å². The molecule has 1 aromatic carbocycles. The number of aromatic nitrogens is 2. The first-order chi connectivity index (χ1) is 10.6. The third-order valence-corrected chi connectivity index (χ3v) is 4.08. The second-order valence-electron chi connectivity index (χ2n) is 5.70. The Morgan fingerprint density at radius 3 is 2.91 bits per heavy atom. The van der Waals surface area contributed by atoms with Gasteiger partial charge in [-0.1, -0.05) is 30.3 Å². The lowest BCUT2D eigenvalue weighted by Gasteiger charge is -2.35. The van der Waals surface area contributed by atoms with Crippen molar-refractivity contribution in [2.75, 3.05) is 6.54 Å². The maximum Gasteiger partial charge on any atom is 0.412 e. The zero-order chi connectivity index (χ0) is 15.6. The molecule has 1 amide bonds. The molecule has 2 atom stereocenters. The molecule has 6 heteroatoms. The molecule has 116 valence electrons. The molecular formula is C16H19N3O3. The summed E-state index contributed by atoms with van der Waals surface area (Å²) in [6.45, 7) is 2.36. The average molecular weight is 301 g/mol. The monoisotopic (exact) mass is 301 g/mol. The van der Waals surface area contributed by atoms with Crippen LogP contribution in [0.5, 0.6) is 0 Å². The minimum absolute atomic E-state index is 0.215. The summed E-state index contributed by atoms with van der Waals surface area (Å²) in [7, 11) is 0. The van der Waals surface area contributed by atoms with E-state index in [0.717, 1.165) is 5.56 Å². The summed E-state index contributed by atoms with van der Waals surface area (Å²) in [6.07, 6.45) is 4.53. The van der Waals surface area contributed by atoms with E-state index < -0.39 is 17.9 Å². The van der Waals surface area contributed by atoms with Crippen molar-refractivity contribution in [1.29, 1.82) is 0 Å². The number of likely N-dealkylation sites (tertiary alicyclic amines) is 1. The van der Waals surface area contributed by atoms with E-state index in [4.69, 9.17) is 4.74 Å². The van der Waals surface area contributed by atoms with Gasteiger partial charge in [-0.3, -0.25) is 4.90 Å². The summed E-state index contributed by atoms with van der Waals surface area (Å²) in [4.78, 5) is 18.0. The Morgan fingerprint density at radius 1 is 1.45 bits per heavy atom. The largest absolute Gasteiger partial charge is 0.444 e. The molecule has 22 heavy (non-hydrogen) atoms. The van der Waals surface area contributed by atoms with Crippen LogP contribution in [0, 0.1) is 0 Å². The van der Waals surface area contributed by atoms with Gasteiger partial charge in [0.25, 0.3) is 0 Å². The fourth-order valence-corrected chi connectivity index (χ4v) is 2.89. The minimum Gasteiger partial charge on any atom is -0.444 e. The number of aliphatic hydroxyl groups excluding tert-OH is 1. The maximum absolute atomic E-state index is 12.4. The van der Waals surface area contributed by atoms with Gasteiger partial charge in [-0.2, -0.15) is 0 Å². The lowest BCUT2D eigenvalue weighted by atomic mass is 10.1. The van der Waals surface area contributed by atoms with E-state index in [1.807, 2.05) is 41.8 Å². The Morgan fingerprint density at radius 2 is 2.23 bits per heavy atom. The molecule has 1 saturated heterocycles. The van der Waals surface area contributed by atoms with Crippen molar-refractivity contribution in [2.24, 2.45) is 0 Å². The van der Waals surface area contributed by atoms with Crippen LogP contribution in [0.25, 0.3) is 0 Å². The van der Waals surface area contributed by atoms with Crippen LogP contribution < -0.4 is 0 Å². The van der Waals surface area contributed by atoms with E-state index in [0.29, 0.717) is 6.42 Å². The van der Waals surface area contributed by atoms with Crippen LogP contribution in [0.15, 0.2) is 49.1 Å². The summed E-state index contributed by atoms with van der Waals surface area (Å²) in [5.74, 6) is 0. The highest BCUT2D eigenvalue weighted by Gasteiger charge is 2.46. The van der Waals surface area contributed by atoms with Gasteiger partial charge in [-0.15, -0.1) is 0 Å². The Labute approximate surface area is 129 Å². The van der Waals surface area contributed by atoms with Crippen LogP contribution in [0.2, 0.25) is 0 Å². The standard InChI is InChI=1S/C16H19N3O3/c1-16(18-8-7-17-12-18)9-14(20)10-19(16)15(21)22-11-13-5-3-2-4-6-13/h2-8,12,14,20H,9-11H2,1H3/t14-,16+/m1/s1. The van der Waals surface area contributed by atoms with Crippen LogP contribution in [-0.4, -0.2) is 38.3 Å². The number of β-amino-alcohol motifs (C(OH)–C–C–N with tert-alkyl or cyclic N) is 1. The average Bonchev–Trinajstić information content (AvgIpc) is 3.15. The molecule has 1 aliphatic heterocycles. The quantitative estimate of drug-likeness (QED) is 0.941. The third-order valence-electron chi connectivity index (χ3n) is 4.08. The van der Waals surface area contributed by atoms with Crippen molar-refractivity contribution in [3.63, 3.8) is 0 Å². The van der Waals surface area contributed by atoms with E-state index in [-0.39, 0.29) is 13.2 Å². The minimum atomic E-state index is -0.663. The summed E-state index contributed by atoms with van der Waals surface area (Å²) >= 11 is 0. The molecular weight excluding hydrogens is 282 g/mol. The van der Waals surface area contributed by atoms with Crippen LogP contribution >= 0.6 is 0 Å². The molecule has 1 aliphatic rings. The van der Waals surface area contributed by atoms with E-state index in [9.17, 15) is 9.90 Å². The first-order valence-corrected chi connectivity index (χ1v) is 7.24. The van der Waals surface area contributed by atoms with Crippen molar-refractivity contribution >= 4 is 6.09 Å². The van der Waals surface area contributed by atoms with Gasteiger partial charge in [0.15, 0.2) is 0 Å². The molecule has 0 radical (unpaired) electrons. The molecule has 6 nitrogen and oxygen atoms in total. The molecule has 0 spiro atoms. The van der Waals surface area contributed by atoms with Gasteiger partial charge in [0.1, 0.15) is 12.3 Å². The van der Waals surface area contributed by atoms with Crippen molar-refractivity contribution < 1.29 is 14.6 Å². The molecule has 1 N–H and O–H groups in total. The Hall–Kier alpha value is -2.34. The molecule has 0 saturated carbocycles. The Balaban J connectivity index is 1.73. The molecule has 0 aliphatic carbocycles. The summed E-state index contributed by atoms with van der Waals surface area (Å²) in [5.41, 5.74) is 0.267. The van der Waals surface area contributed by atoms with E-state index in [1.165, 1.54) is 0 Å². The predicted octanol–water partition coefficient (Wildman–Crippen LogP) is 1.96. The number of amides is 1. The lowest BCUT2D eigenvalue weighted by Crippen LogP contribution is -2.46. The van der Waals surface area contributed by atoms with Crippen LogP contribution in [0.4, 0.5) is 4.79 Å². The SMILES string of the molecule is C[C@@]1(n2ccnc2)C[C@@H](O)CN1C(=O)OCc1ccccc1.